The molecule has 2 heterocycles. The van der Waals surface area contributed by atoms with Crippen LogP contribution in [-0.4, -0.2) is 34.9 Å². The summed E-state index contributed by atoms with van der Waals surface area (Å²) in [5, 5.41) is 10.2. The lowest BCUT2D eigenvalue weighted by molar-refractivity contribution is 0.237. The van der Waals surface area contributed by atoms with Gasteiger partial charge in [-0.2, -0.15) is 5.10 Å². The maximum atomic E-state index is 12.2. The van der Waals surface area contributed by atoms with Crippen molar-refractivity contribution in [1.29, 1.82) is 0 Å². The summed E-state index contributed by atoms with van der Waals surface area (Å²) in [5.74, 6) is 0.491. The molecule has 1 unspecified atom stereocenters. The van der Waals surface area contributed by atoms with Gasteiger partial charge in [-0.1, -0.05) is 38.1 Å². The molecule has 25 heavy (non-hydrogen) atoms. The Kier molecular flexibility index (Phi) is 5.26. The molecule has 1 aromatic heterocycles. The van der Waals surface area contributed by atoms with E-state index in [1.54, 1.807) is 4.68 Å². The standard InChI is InChI=1S/C19H27N5O/c1-14(2)16-6-4-5-15(9-16)10-20-19(25)22-17-7-8-24(12-17)18-11-21-23(3)13-18/h4-6,9,11,13-14,17H,7-8,10,12H2,1-3H3,(H2,20,22,25). The molecule has 6 heteroatoms. The van der Waals surface area contributed by atoms with Gasteiger partial charge in [-0.05, 0) is 23.5 Å². The van der Waals surface area contributed by atoms with Crippen molar-refractivity contribution in [3.63, 3.8) is 0 Å². The van der Waals surface area contributed by atoms with E-state index in [-0.39, 0.29) is 12.1 Å². The minimum absolute atomic E-state index is 0.104. The van der Waals surface area contributed by atoms with E-state index in [0.717, 1.165) is 30.8 Å². The van der Waals surface area contributed by atoms with Crippen LogP contribution in [0.4, 0.5) is 10.5 Å². The monoisotopic (exact) mass is 341 g/mol. The van der Waals surface area contributed by atoms with Crippen LogP contribution < -0.4 is 15.5 Å². The molecule has 1 saturated heterocycles. The molecule has 0 radical (unpaired) electrons. The van der Waals surface area contributed by atoms with Crippen molar-refractivity contribution < 1.29 is 4.79 Å². The predicted molar refractivity (Wildman–Crippen MR) is 99.7 cm³/mol. The van der Waals surface area contributed by atoms with Gasteiger partial charge in [0.1, 0.15) is 0 Å². The van der Waals surface area contributed by atoms with Crippen molar-refractivity contribution in [2.24, 2.45) is 7.05 Å². The Morgan fingerprint density at radius 1 is 1.40 bits per heavy atom. The minimum atomic E-state index is -0.104. The van der Waals surface area contributed by atoms with Crippen LogP contribution in [0.1, 0.15) is 37.3 Å². The summed E-state index contributed by atoms with van der Waals surface area (Å²) in [4.78, 5) is 14.4. The first-order valence-electron chi connectivity index (χ1n) is 8.88. The lowest BCUT2D eigenvalue weighted by Gasteiger charge is -2.17. The fraction of sp³-hybridized carbons (Fsp3) is 0.474. The van der Waals surface area contributed by atoms with Crippen molar-refractivity contribution in [1.82, 2.24) is 20.4 Å². The topological polar surface area (TPSA) is 62.2 Å². The van der Waals surface area contributed by atoms with Crippen molar-refractivity contribution >= 4 is 11.7 Å². The molecule has 2 amide bonds. The second-order valence-corrected chi connectivity index (χ2v) is 7.03. The molecule has 0 spiro atoms. The van der Waals surface area contributed by atoms with Crippen LogP contribution in [0.15, 0.2) is 36.7 Å². The van der Waals surface area contributed by atoms with Gasteiger partial charge in [-0.3, -0.25) is 4.68 Å². The highest BCUT2D eigenvalue weighted by atomic mass is 16.2. The molecule has 2 aromatic rings. The molecule has 1 atom stereocenters. The van der Waals surface area contributed by atoms with E-state index in [1.807, 2.05) is 31.6 Å². The summed E-state index contributed by atoms with van der Waals surface area (Å²) in [6.45, 7) is 6.65. The van der Waals surface area contributed by atoms with Crippen molar-refractivity contribution in [3.8, 4) is 0 Å². The van der Waals surface area contributed by atoms with E-state index in [2.05, 4.69) is 46.6 Å². The number of amides is 2. The summed E-state index contributed by atoms with van der Waals surface area (Å²) >= 11 is 0. The summed E-state index contributed by atoms with van der Waals surface area (Å²) in [7, 11) is 1.91. The molecule has 0 saturated carbocycles. The Balaban J connectivity index is 1.46. The summed E-state index contributed by atoms with van der Waals surface area (Å²) in [5.41, 5.74) is 3.53. The molecule has 1 aliphatic rings. The molecule has 0 bridgehead atoms. The molecular weight excluding hydrogens is 314 g/mol. The third-order valence-corrected chi connectivity index (χ3v) is 4.65. The van der Waals surface area contributed by atoms with Gasteiger partial charge in [0.25, 0.3) is 0 Å². The molecule has 1 aromatic carbocycles. The number of aryl methyl sites for hydroxylation is 1. The Hall–Kier alpha value is -2.50. The number of urea groups is 1. The van der Waals surface area contributed by atoms with Gasteiger partial charge in [0.2, 0.25) is 0 Å². The highest BCUT2D eigenvalue weighted by Gasteiger charge is 2.24. The van der Waals surface area contributed by atoms with Crippen molar-refractivity contribution in [2.75, 3.05) is 18.0 Å². The Morgan fingerprint density at radius 2 is 2.24 bits per heavy atom. The zero-order valence-corrected chi connectivity index (χ0v) is 15.2. The maximum Gasteiger partial charge on any atom is 0.315 e. The van der Waals surface area contributed by atoms with E-state index in [4.69, 9.17) is 0 Å². The highest BCUT2D eigenvalue weighted by molar-refractivity contribution is 5.74. The quantitative estimate of drug-likeness (QED) is 0.879. The summed E-state index contributed by atoms with van der Waals surface area (Å²) in [6, 6.07) is 8.44. The number of carbonyl (C=O) groups is 1. The fourth-order valence-electron chi connectivity index (χ4n) is 3.17. The SMILES string of the molecule is CC(C)c1cccc(CNC(=O)NC2CCN(c3cnn(C)c3)C2)c1. The maximum absolute atomic E-state index is 12.2. The van der Waals surface area contributed by atoms with Crippen LogP contribution in [0.2, 0.25) is 0 Å². The average molecular weight is 341 g/mol. The van der Waals surface area contributed by atoms with Gasteiger partial charge in [0.15, 0.2) is 0 Å². The molecule has 2 N–H and O–H groups in total. The third kappa shape index (κ3) is 4.53. The molecule has 1 aliphatic heterocycles. The minimum Gasteiger partial charge on any atom is -0.367 e. The van der Waals surface area contributed by atoms with Gasteiger partial charge in [-0.15, -0.1) is 0 Å². The highest BCUT2D eigenvalue weighted by Crippen LogP contribution is 2.19. The van der Waals surface area contributed by atoms with Gasteiger partial charge >= 0.3 is 6.03 Å². The van der Waals surface area contributed by atoms with Crippen LogP contribution in [0, 0.1) is 0 Å². The van der Waals surface area contributed by atoms with Crippen LogP contribution in [0.3, 0.4) is 0 Å². The van der Waals surface area contributed by atoms with Gasteiger partial charge in [0, 0.05) is 38.9 Å². The number of nitrogens with zero attached hydrogens (tertiary/aromatic N) is 3. The Morgan fingerprint density at radius 3 is 2.96 bits per heavy atom. The zero-order chi connectivity index (χ0) is 17.8. The second kappa shape index (κ2) is 7.59. The number of rotatable bonds is 5. The molecule has 134 valence electrons. The van der Waals surface area contributed by atoms with E-state index in [9.17, 15) is 4.79 Å². The fourth-order valence-corrected chi connectivity index (χ4v) is 3.17. The smallest absolute Gasteiger partial charge is 0.315 e. The lowest BCUT2D eigenvalue weighted by Crippen LogP contribution is -2.43. The second-order valence-electron chi connectivity index (χ2n) is 7.03. The first kappa shape index (κ1) is 17.3. The number of carbonyl (C=O) groups excluding carboxylic acids is 1. The van der Waals surface area contributed by atoms with E-state index >= 15 is 0 Å². The number of nitrogens with one attached hydrogen (secondary N) is 2. The summed E-state index contributed by atoms with van der Waals surface area (Å²) in [6.07, 6.45) is 4.82. The van der Waals surface area contributed by atoms with Crippen LogP contribution in [0.25, 0.3) is 0 Å². The summed E-state index contributed by atoms with van der Waals surface area (Å²) < 4.78 is 1.80. The number of aromatic nitrogens is 2. The molecule has 1 fully saturated rings. The van der Waals surface area contributed by atoms with Gasteiger partial charge < -0.3 is 15.5 Å². The number of benzene rings is 1. The van der Waals surface area contributed by atoms with Gasteiger partial charge in [-0.25, -0.2) is 4.79 Å². The zero-order valence-electron chi connectivity index (χ0n) is 15.2. The molecule has 6 nitrogen and oxygen atoms in total. The van der Waals surface area contributed by atoms with Gasteiger partial charge in [0.05, 0.1) is 11.9 Å². The van der Waals surface area contributed by atoms with E-state index in [1.165, 1.54) is 5.56 Å². The molecule has 3 rings (SSSR count). The number of hydrogen-bond acceptors (Lipinski definition) is 3. The van der Waals surface area contributed by atoms with Crippen LogP contribution >= 0.6 is 0 Å². The van der Waals surface area contributed by atoms with Crippen molar-refractivity contribution in [2.45, 2.75) is 38.8 Å². The third-order valence-electron chi connectivity index (χ3n) is 4.65. The largest absolute Gasteiger partial charge is 0.367 e. The van der Waals surface area contributed by atoms with Crippen LogP contribution in [0.5, 0.6) is 0 Å². The number of anilines is 1. The average Bonchev–Trinajstić information content (AvgIpc) is 3.22. The van der Waals surface area contributed by atoms with Crippen molar-refractivity contribution in [3.05, 3.63) is 47.8 Å². The molecular formula is C19H27N5O. The van der Waals surface area contributed by atoms with E-state index in [0.29, 0.717) is 12.5 Å². The number of hydrogen-bond donors (Lipinski definition) is 2. The lowest BCUT2D eigenvalue weighted by atomic mass is 10.0. The Bertz CT molecular complexity index is 724. The normalized spacial score (nSPS) is 17.1. The predicted octanol–water partition coefficient (Wildman–Crippen LogP) is 2.62. The van der Waals surface area contributed by atoms with E-state index < -0.39 is 0 Å². The Labute approximate surface area is 149 Å². The first-order chi connectivity index (χ1) is 12.0. The van der Waals surface area contributed by atoms with Crippen LogP contribution in [-0.2, 0) is 13.6 Å². The first-order valence-corrected chi connectivity index (χ1v) is 8.88. The molecule has 0 aliphatic carbocycles.